The molecule has 1 aliphatic rings. The number of hydrogen-bond acceptors (Lipinski definition) is 2. The monoisotopic (exact) mass is 260 g/mol. The van der Waals surface area contributed by atoms with Gasteiger partial charge in [-0.1, -0.05) is 25.5 Å². The van der Waals surface area contributed by atoms with Gasteiger partial charge in [0.2, 0.25) is 0 Å². The quantitative estimate of drug-likeness (QED) is 0.802. The van der Waals surface area contributed by atoms with Gasteiger partial charge in [-0.25, -0.2) is 0 Å². The maximum Gasteiger partial charge on any atom is 0.0366 e. The van der Waals surface area contributed by atoms with Crippen LogP contribution >= 0.6 is 0 Å². The van der Waals surface area contributed by atoms with Crippen LogP contribution in [-0.4, -0.2) is 19.6 Å². The van der Waals surface area contributed by atoms with Crippen molar-refractivity contribution in [3.8, 4) is 0 Å². The summed E-state index contributed by atoms with van der Waals surface area (Å²) in [4.78, 5) is 2.38. The summed E-state index contributed by atoms with van der Waals surface area (Å²) in [6, 6.07) is 9.00. The van der Waals surface area contributed by atoms with E-state index in [9.17, 15) is 0 Å². The second-order valence-electron chi connectivity index (χ2n) is 6.11. The van der Waals surface area contributed by atoms with Crippen LogP contribution in [0.15, 0.2) is 24.3 Å². The van der Waals surface area contributed by atoms with Crippen molar-refractivity contribution >= 4 is 5.69 Å². The van der Waals surface area contributed by atoms with Gasteiger partial charge in [-0.15, -0.1) is 0 Å². The Morgan fingerprint density at radius 3 is 2.21 bits per heavy atom. The van der Waals surface area contributed by atoms with E-state index in [2.05, 4.69) is 55.3 Å². The summed E-state index contributed by atoms with van der Waals surface area (Å²) in [5.74, 6) is 0. The van der Waals surface area contributed by atoms with Gasteiger partial charge in [0, 0.05) is 31.9 Å². The van der Waals surface area contributed by atoms with Gasteiger partial charge in [-0.05, 0) is 49.8 Å². The first-order valence-electron chi connectivity index (χ1n) is 7.71. The molecule has 2 rings (SSSR count). The van der Waals surface area contributed by atoms with E-state index in [0.717, 1.165) is 26.2 Å². The highest BCUT2D eigenvalue weighted by Gasteiger charge is 2.30. The Morgan fingerprint density at radius 2 is 1.74 bits per heavy atom. The van der Waals surface area contributed by atoms with E-state index in [4.69, 9.17) is 0 Å². The molecule has 0 heterocycles. The molecule has 1 aromatic carbocycles. The highest BCUT2D eigenvalue weighted by atomic mass is 15.1. The van der Waals surface area contributed by atoms with Crippen molar-refractivity contribution < 1.29 is 0 Å². The summed E-state index contributed by atoms with van der Waals surface area (Å²) in [6.45, 7) is 11.1. The van der Waals surface area contributed by atoms with Gasteiger partial charge < -0.3 is 10.2 Å². The van der Waals surface area contributed by atoms with Gasteiger partial charge in [-0.3, -0.25) is 0 Å². The van der Waals surface area contributed by atoms with Crippen molar-refractivity contribution in [1.82, 2.24) is 5.32 Å². The van der Waals surface area contributed by atoms with Crippen LogP contribution in [0.3, 0.4) is 0 Å². The zero-order chi connectivity index (χ0) is 13.7. The molecule has 2 nitrogen and oxygen atoms in total. The Balaban J connectivity index is 1.81. The number of rotatable bonds is 7. The molecule has 0 bridgehead atoms. The molecule has 0 unspecified atom stereocenters. The van der Waals surface area contributed by atoms with Crippen LogP contribution in [0.25, 0.3) is 0 Å². The predicted octanol–water partition coefficient (Wildman–Crippen LogP) is 3.81. The molecular weight excluding hydrogens is 232 g/mol. The van der Waals surface area contributed by atoms with E-state index in [1.165, 1.54) is 30.5 Å². The lowest BCUT2D eigenvalue weighted by Gasteiger charge is -2.38. The molecule has 0 amide bonds. The molecule has 1 N–H and O–H groups in total. The van der Waals surface area contributed by atoms with Gasteiger partial charge in [-0.2, -0.15) is 0 Å². The van der Waals surface area contributed by atoms with Crippen LogP contribution in [0.2, 0.25) is 0 Å². The minimum absolute atomic E-state index is 0.571. The molecule has 0 radical (unpaired) electrons. The Bertz CT molecular complexity index is 375. The average Bonchev–Trinajstić information content (AvgIpc) is 2.40. The van der Waals surface area contributed by atoms with Crippen molar-refractivity contribution in [2.24, 2.45) is 5.41 Å². The van der Waals surface area contributed by atoms with Gasteiger partial charge >= 0.3 is 0 Å². The van der Waals surface area contributed by atoms with E-state index in [1.807, 2.05) is 0 Å². The van der Waals surface area contributed by atoms with Crippen molar-refractivity contribution in [2.75, 3.05) is 24.5 Å². The zero-order valence-corrected chi connectivity index (χ0v) is 12.7. The highest BCUT2D eigenvalue weighted by molar-refractivity contribution is 5.47. The lowest BCUT2D eigenvalue weighted by Crippen LogP contribution is -2.36. The van der Waals surface area contributed by atoms with Crippen molar-refractivity contribution in [2.45, 2.75) is 46.6 Å². The molecule has 1 aliphatic carbocycles. The Morgan fingerprint density at radius 1 is 1.11 bits per heavy atom. The molecule has 0 spiro atoms. The summed E-state index contributed by atoms with van der Waals surface area (Å²) in [6.07, 6.45) is 4.19. The molecule has 2 heteroatoms. The Hall–Kier alpha value is -1.02. The highest BCUT2D eigenvalue weighted by Crippen LogP contribution is 2.39. The van der Waals surface area contributed by atoms with Crippen molar-refractivity contribution in [3.05, 3.63) is 29.8 Å². The maximum absolute atomic E-state index is 3.61. The number of benzene rings is 1. The smallest absolute Gasteiger partial charge is 0.0366 e. The molecule has 1 saturated carbocycles. The molecule has 0 saturated heterocycles. The summed E-state index contributed by atoms with van der Waals surface area (Å²) in [5.41, 5.74) is 3.29. The Kier molecular flexibility index (Phi) is 4.87. The minimum atomic E-state index is 0.571. The van der Waals surface area contributed by atoms with Gasteiger partial charge in [0.05, 0.1) is 0 Å². The van der Waals surface area contributed by atoms with Crippen LogP contribution in [-0.2, 0) is 6.54 Å². The fourth-order valence-electron chi connectivity index (χ4n) is 2.88. The van der Waals surface area contributed by atoms with E-state index >= 15 is 0 Å². The van der Waals surface area contributed by atoms with Crippen LogP contribution in [0.4, 0.5) is 5.69 Å². The van der Waals surface area contributed by atoms with Gasteiger partial charge in [0.1, 0.15) is 0 Å². The number of nitrogens with zero attached hydrogens (tertiary/aromatic N) is 1. The average molecular weight is 260 g/mol. The summed E-state index contributed by atoms with van der Waals surface area (Å²) in [7, 11) is 0. The molecule has 0 atom stereocenters. The fourth-order valence-corrected chi connectivity index (χ4v) is 2.88. The first kappa shape index (κ1) is 14.4. The second-order valence-corrected chi connectivity index (χ2v) is 6.11. The summed E-state index contributed by atoms with van der Waals surface area (Å²) in [5, 5.41) is 3.61. The van der Waals surface area contributed by atoms with Gasteiger partial charge in [0.15, 0.2) is 0 Å². The SMILES string of the molecule is CCN(CC)c1ccc(CNCC2(C)CCC2)cc1. The van der Waals surface area contributed by atoms with Crippen molar-refractivity contribution in [3.63, 3.8) is 0 Å². The van der Waals surface area contributed by atoms with Gasteiger partial charge in [0.25, 0.3) is 0 Å². The lowest BCUT2D eigenvalue weighted by atomic mass is 9.70. The van der Waals surface area contributed by atoms with E-state index < -0.39 is 0 Å². The molecule has 19 heavy (non-hydrogen) atoms. The molecular formula is C17H28N2. The third kappa shape index (κ3) is 3.73. The molecule has 1 fully saturated rings. The van der Waals surface area contributed by atoms with E-state index in [0.29, 0.717) is 5.41 Å². The van der Waals surface area contributed by atoms with Crippen LogP contribution < -0.4 is 10.2 Å². The number of anilines is 1. The van der Waals surface area contributed by atoms with E-state index in [1.54, 1.807) is 0 Å². The zero-order valence-electron chi connectivity index (χ0n) is 12.7. The molecule has 0 aromatic heterocycles. The first-order chi connectivity index (χ1) is 9.17. The fraction of sp³-hybridized carbons (Fsp3) is 0.647. The number of hydrogen-bond donors (Lipinski definition) is 1. The second kappa shape index (κ2) is 6.42. The summed E-state index contributed by atoms with van der Waals surface area (Å²) >= 11 is 0. The maximum atomic E-state index is 3.61. The molecule has 106 valence electrons. The summed E-state index contributed by atoms with van der Waals surface area (Å²) < 4.78 is 0. The standard InChI is InChI=1S/C17H28N2/c1-4-19(5-2)16-9-7-15(8-10-16)13-18-14-17(3)11-6-12-17/h7-10,18H,4-6,11-14H2,1-3H3. The number of nitrogens with one attached hydrogen (secondary N) is 1. The van der Waals surface area contributed by atoms with E-state index in [-0.39, 0.29) is 0 Å². The van der Waals surface area contributed by atoms with Crippen LogP contribution in [0, 0.1) is 5.41 Å². The molecule has 0 aliphatic heterocycles. The predicted molar refractivity (Wildman–Crippen MR) is 83.7 cm³/mol. The van der Waals surface area contributed by atoms with Crippen LogP contribution in [0.5, 0.6) is 0 Å². The van der Waals surface area contributed by atoms with Crippen molar-refractivity contribution in [1.29, 1.82) is 0 Å². The minimum Gasteiger partial charge on any atom is -0.372 e. The first-order valence-corrected chi connectivity index (χ1v) is 7.71. The lowest BCUT2D eigenvalue weighted by molar-refractivity contribution is 0.156. The molecule has 1 aromatic rings. The largest absolute Gasteiger partial charge is 0.372 e. The third-order valence-electron chi connectivity index (χ3n) is 4.51. The Labute approximate surface area is 118 Å². The van der Waals surface area contributed by atoms with Crippen LogP contribution in [0.1, 0.15) is 45.6 Å². The normalized spacial score (nSPS) is 17.0. The topological polar surface area (TPSA) is 15.3 Å². The third-order valence-corrected chi connectivity index (χ3v) is 4.51.